The minimum Gasteiger partial charge on any atom is -0.426 e. The summed E-state index contributed by atoms with van der Waals surface area (Å²) >= 11 is 5.83. The van der Waals surface area contributed by atoms with Crippen LogP contribution in [0, 0.1) is 0 Å². The highest BCUT2D eigenvalue weighted by Gasteiger charge is 2.06. The van der Waals surface area contributed by atoms with Crippen LogP contribution in [0.15, 0.2) is 15.3 Å². The zero-order valence-electron chi connectivity index (χ0n) is 9.00. The van der Waals surface area contributed by atoms with Gasteiger partial charge < -0.3 is 10.2 Å². The third-order valence-corrected chi connectivity index (χ3v) is 2.29. The second-order valence-electron chi connectivity index (χ2n) is 3.38. The summed E-state index contributed by atoms with van der Waals surface area (Å²) in [6.07, 6.45) is 1.81. The standard InChI is InChI=1S/C11H14ClNO2/c1-4-8-5-9(7(3)13)15-11(14)10(8)6(2)12/h4-5,7H,13H2,1-3H3. The molecule has 3 nitrogen and oxygen atoms in total. The van der Waals surface area contributed by atoms with Crippen molar-refractivity contribution in [3.63, 3.8) is 0 Å². The molecule has 0 aliphatic rings. The lowest BCUT2D eigenvalue weighted by Crippen LogP contribution is -2.40. The minimum absolute atomic E-state index is 0.305. The van der Waals surface area contributed by atoms with Gasteiger partial charge in [0.15, 0.2) is 0 Å². The minimum atomic E-state index is -0.439. The summed E-state index contributed by atoms with van der Waals surface area (Å²) in [4.78, 5) is 11.6. The first kappa shape index (κ1) is 12.0. The maximum absolute atomic E-state index is 11.6. The highest BCUT2D eigenvalue weighted by molar-refractivity contribution is 6.44. The second kappa shape index (κ2) is 4.64. The lowest BCUT2D eigenvalue weighted by Gasteiger charge is -2.03. The van der Waals surface area contributed by atoms with Crippen molar-refractivity contribution in [3.05, 3.63) is 32.7 Å². The molecule has 1 heterocycles. The van der Waals surface area contributed by atoms with Crippen molar-refractivity contribution < 1.29 is 4.42 Å². The van der Waals surface area contributed by atoms with Gasteiger partial charge in [-0.25, -0.2) is 4.79 Å². The Morgan fingerprint density at radius 3 is 2.67 bits per heavy atom. The van der Waals surface area contributed by atoms with Crippen molar-refractivity contribution >= 4 is 22.7 Å². The summed E-state index contributed by atoms with van der Waals surface area (Å²) in [6, 6.07) is 1.44. The Balaban J connectivity index is 3.78. The zero-order chi connectivity index (χ0) is 11.6. The number of hydrogen-bond donors (Lipinski definition) is 1. The van der Waals surface area contributed by atoms with Crippen molar-refractivity contribution in [3.8, 4) is 0 Å². The summed E-state index contributed by atoms with van der Waals surface area (Å²) in [7, 11) is 0. The Morgan fingerprint density at radius 2 is 2.27 bits per heavy atom. The van der Waals surface area contributed by atoms with E-state index in [9.17, 15) is 4.79 Å². The van der Waals surface area contributed by atoms with Crippen LogP contribution in [-0.2, 0) is 0 Å². The van der Waals surface area contributed by atoms with Crippen LogP contribution in [0.5, 0.6) is 0 Å². The van der Waals surface area contributed by atoms with E-state index in [1.165, 1.54) is 0 Å². The second-order valence-corrected chi connectivity index (χ2v) is 3.94. The number of hydrogen-bond acceptors (Lipinski definition) is 3. The average Bonchev–Trinajstić information content (AvgIpc) is 2.15. The largest absolute Gasteiger partial charge is 0.426 e. The number of halogens is 1. The van der Waals surface area contributed by atoms with E-state index in [4.69, 9.17) is 21.8 Å². The molecule has 1 aromatic rings. The smallest absolute Gasteiger partial charge is 0.345 e. The molecule has 0 aliphatic carbocycles. The molecule has 15 heavy (non-hydrogen) atoms. The molecule has 0 saturated heterocycles. The molecular weight excluding hydrogens is 214 g/mol. The van der Waals surface area contributed by atoms with Crippen molar-refractivity contribution in [2.45, 2.75) is 26.8 Å². The highest BCUT2D eigenvalue weighted by Crippen LogP contribution is 2.02. The maximum atomic E-state index is 11.6. The Kier molecular flexibility index (Phi) is 3.72. The Bertz CT molecular complexity index is 524. The summed E-state index contributed by atoms with van der Waals surface area (Å²) in [6.45, 7) is 5.25. The third kappa shape index (κ3) is 2.49. The van der Waals surface area contributed by atoms with E-state index in [1.807, 2.05) is 13.0 Å². The maximum Gasteiger partial charge on any atom is 0.345 e. The lowest BCUT2D eigenvalue weighted by molar-refractivity contribution is 0.429. The Labute approximate surface area is 92.9 Å². The van der Waals surface area contributed by atoms with Gasteiger partial charge in [0.25, 0.3) is 0 Å². The van der Waals surface area contributed by atoms with Gasteiger partial charge in [-0.15, -0.1) is 0 Å². The van der Waals surface area contributed by atoms with E-state index in [2.05, 4.69) is 0 Å². The zero-order valence-corrected chi connectivity index (χ0v) is 9.76. The molecule has 0 amide bonds. The molecule has 0 aliphatic heterocycles. The van der Waals surface area contributed by atoms with E-state index in [1.54, 1.807) is 19.9 Å². The van der Waals surface area contributed by atoms with Gasteiger partial charge in [0.2, 0.25) is 0 Å². The van der Waals surface area contributed by atoms with E-state index >= 15 is 0 Å². The van der Waals surface area contributed by atoms with Crippen LogP contribution in [0.4, 0.5) is 0 Å². The fraction of sp³-hybridized carbons (Fsp3) is 0.364. The first-order valence-corrected chi connectivity index (χ1v) is 5.07. The monoisotopic (exact) mass is 227 g/mol. The predicted octanol–water partition coefficient (Wildman–Crippen LogP) is 0.827. The summed E-state index contributed by atoms with van der Waals surface area (Å²) in [5.41, 5.74) is 5.21. The van der Waals surface area contributed by atoms with Gasteiger partial charge in [0.05, 0.1) is 11.3 Å². The van der Waals surface area contributed by atoms with Gasteiger partial charge in [-0.3, -0.25) is 0 Å². The molecule has 0 spiro atoms. The van der Waals surface area contributed by atoms with Crippen LogP contribution in [-0.4, -0.2) is 0 Å². The molecule has 82 valence electrons. The van der Waals surface area contributed by atoms with Gasteiger partial charge in [-0.05, 0) is 32.1 Å². The molecule has 0 saturated carbocycles. The molecule has 1 atom stereocenters. The topological polar surface area (TPSA) is 56.2 Å². The fourth-order valence-corrected chi connectivity index (χ4v) is 1.51. The quantitative estimate of drug-likeness (QED) is 0.773. The molecule has 0 aromatic carbocycles. The molecule has 0 bridgehead atoms. The van der Waals surface area contributed by atoms with Gasteiger partial charge in [0.1, 0.15) is 5.76 Å². The summed E-state index contributed by atoms with van der Waals surface area (Å²) in [5, 5.41) is 1.59. The first-order valence-electron chi connectivity index (χ1n) is 4.69. The highest BCUT2D eigenvalue weighted by atomic mass is 35.5. The van der Waals surface area contributed by atoms with Crippen LogP contribution in [0.1, 0.15) is 32.6 Å². The van der Waals surface area contributed by atoms with E-state index in [-0.39, 0.29) is 6.04 Å². The van der Waals surface area contributed by atoms with E-state index < -0.39 is 5.63 Å². The first-order chi connectivity index (χ1) is 6.97. The van der Waals surface area contributed by atoms with Crippen LogP contribution in [0.3, 0.4) is 0 Å². The average molecular weight is 228 g/mol. The molecule has 1 unspecified atom stereocenters. The molecular formula is C11H14ClNO2. The van der Waals surface area contributed by atoms with Crippen LogP contribution < -0.4 is 21.8 Å². The van der Waals surface area contributed by atoms with Crippen LogP contribution >= 0.6 is 11.6 Å². The lowest BCUT2D eigenvalue weighted by atomic mass is 10.2. The van der Waals surface area contributed by atoms with Crippen molar-refractivity contribution in [2.75, 3.05) is 0 Å². The molecule has 4 heteroatoms. The van der Waals surface area contributed by atoms with Gasteiger partial charge >= 0.3 is 5.63 Å². The summed E-state index contributed by atoms with van der Waals surface area (Å²) in [5.74, 6) is 0.467. The summed E-state index contributed by atoms with van der Waals surface area (Å²) < 4.78 is 5.07. The van der Waals surface area contributed by atoms with Crippen LogP contribution in [0.2, 0.25) is 0 Å². The van der Waals surface area contributed by atoms with Gasteiger partial charge in [0, 0.05) is 5.03 Å². The third-order valence-electron chi connectivity index (χ3n) is 2.11. The SMILES string of the molecule is CC=c1cc(C(C)N)oc(=O)c1=C(C)Cl. The fourth-order valence-electron chi connectivity index (χ4n) is 1.32. The predicted molar refractivity (Wildman–Crippen MR) is 61.9 cm³/mol. The molecule has 2 N–H and O–H groups in total. The van der Waals surface area contributed by atoms with Crippen molar-refractivity contribution in [1.82, 2.24) is 0 Å². The normalized spacial score (nSPS) is 16.5. The van der Waals surface area contributed by atoms with E-state index in [0.29, 0.717) is 16.0 Å². The number of nitrogens with two attached hydrogens (primary N) is 1. The molecule has 0 radical (unpaired) electrons. The van der Waals surface area contributed by atoms with Crippen molar-refractivity contribution in [1.29, 1.82) is 0 Å². The molecule has 1 aromatic heterocycles. The Hall–Kier alpha value is -1.06. The van der Waals surface area contributed by atoms with Gasteiger partial charge in [-0.1, -0.05) is 17.7 Å². The number of rotatable bonds is 1. The Morgan fingerprint density at radius 1 is 1.67 bits per heavy atom. The van der Waals surface area contributed by atoms with Crippen molar-refractivity contribution in [2.24, 2.45) is 5.73 Å². The van der Waals surface area contributed by atoms with Crippen LogP contribution in [0.25, 0.3) is 11.1 Å². The molecule has 0 fully saturated rings. The molecule has 1 rings (SSSR count). The van der Waals surface area contributed by atoms with Gasteiger partial charge in [-0.2, -0.15) is 0 Å². The van der Waals surface area contributed by atoms with E-state index in [0.717, 1.165) is 5.22 Å².